The van der Waals surface area contributed by atoms with E-state index in [4.69, 9.17) is 4.74 Å². The molecule has 2 rings (SSSR count). The highest BCUT2D eigenvalue weighted by Crippen LogP contribution is 2.18. The highest BCUT2D eigenvalue weighted by molar-refractivity contribution is 7.09. The fourth-order valence-corrected chi connectivity index (χ4v) is 2.80. The molecule has 0 saturated carbocycles. The van der Waals surface area contributed by atoms with E-state index in [1.165, 1.54) is 0 Å². The molecule has 1 aromatic heterocycles. The summed E-state index contributed by atoms with van der Waals surface area (Å²) in [5.41, 5.74) is 1.88. The zero-order valence-electron chi connectivity index (χ0n) is 13.3. The van der Waals surface area contributed by atoms with Crippen LogP contribution in [0.3, 0.4) is 0 Å². The SMILES string of the molecule is C=CCOc1ccccc1CNC(=O)N[C@@H](C)c1nc(C)cs1. The summed E-state index contributed by atoms with van der Waals surface area (Å²) in [5, 5.41) is 8.59. The summed E-state index contributed by atoms with van der Waals surface area (Å²) in [4.78, 5) is 16.4. The number of hydrogen-bond donors (Lipinski definition) is 2. The minimum absolute atomic E-state index is 0.124. The second-order valence-corrected chi connectivity index (χ2v) is 5.97. The summed E-state index contributed by atoms with van der Waals surface area (Å²) in [6.07, 6.45) is 1.69. The minimum atomic E-state index is -0.233. The number of rotatable bonds is 7. The van der Waals surface area contributed by atoms with Gasteiger partial charge >= 0.3 is 6.03 Å². The second-order valence-electron chi connectivity index (χ2n) is 5.08. The van der Waals surface area contributed by atoms with Crippen LogP contribution < -0.4 is 15.4 Å². The van der Waals surface area contributed by atoms with Gasteiger partial charge in [0.05, 0.1) is 6.04 Å². The third-order valence-electron chi connectivity index (χ3n) is 3.12. The van der Waals surface area contributed by atoms with Gasteiger partial charge in [0.2, 0.25) is 0 Å². The molecule has 5 nitrogen and oxygen atoms in total. The molecule has 0 radical (unpaired) electrons. The predicted octanol–water partition coefficient (Wildman–Crippen LogP) is 3.58. The lowest BCUT2D eigenvalue weighted by Gasteiger charge is -2.14. The molecule has 0 unspecified atom stereocenters. The van der Waals surface area contributed by atoms with E-state index in [-0.39, 0.29) is 12.1 Å². The van der Waals surface area contributed by atoms with E-state index < -0.39 is 0 Å². The van der Waals surface area contributed by atoms with E-state index in [9.17, 15) is 4.79 Å². The lowest BCUT2D eigenvalue weighted by atomic mass is 10.2. The van der Waals surface area contributed by atoms with Crippen molar-refractivity contribution in [2.45, 2.75) is 26.4 Å². The first-order chi connectivity index (χ1) is 11.1. The standard InChI is InChI=1S/C17H21N3O2S/c1-4-9-22-15-8-6-5-7-14(15)10-18-17(21)20-13(3)16-19-12(2)11-23-16/h4-8,11,13H,1,9-10H2,2-3H3,(H2,18,20,21)/t13-/m0/s1. The number of nitrogens with zero attached hydrogens (tertiary/aromatic N) is 1. The van der Waals surface area contributed by atoms with E-state index in [2.05, 4.69) is 22.2 Å². The fourth-order valence-electron chi connectivity index (χ4n) is 2.00. The van der Waals surface area contributed by atoms with Gasteiger partial charge in [0.15, 0.2) is 0 Å². The number of hydrogen-bond acceptors (Lipinski definition) is 4. The summed E-state index contributed by atoms with van der Waals surface area (Å²) >= 11 is 1.54. The van der Waals surface area contributed by atoms with Crippen molar-refractivity contribution in [3.63, 3.8) is 0 Å². The smallest absolute Gasteiger partial charge is 0.315 e. The normalized spacial score (nSPS) is 11.6. The average Bonchev–Trinajstić information content (AvgIpc) is 2.98. The maximum absolute atomic E-state index is 12.0. The zero-order valence-corrected chi connectivity index (χ0v) is 14.2. The van der Waals surface area contributed by atoms with E-state index in [1.54, 1.807) is 17.4 Å². The summed E-state index contributed by atoms with van der Waals surface area (Å²) in [6.45, 7) is 8.31. The molecule has 1 heterocycles. The Hall–Kier alpha value is -2.34. The molecule has 0 aliphatic heterocycles. The molecule has 2 aromatic rings. The molecule has 0 bridgehead atoms. The molecular formula is C17H21N3O2S. The molecule has 23 heavy (non-hydrogen) atoms. The topological polar surface area (TPSA) is 63.2 Å². The zero-order chi connectivity index (χ0) is 16.7. The van der Waals surface area contributed by atoms with Crippen molar-refractivity contribution in [3.05, 3.63) is 58.6 Å². The fraction of sp³-hybridized carbons (Fsp3) is 0.294. The Bertz CT molecular complexity index is 669. The Morgan fingerprint density at radius 3 is 2.96 bits per heavy atom. The van der Waals surface area contributed by atoms with Gasteiger partial charge in [-0.25, -0.2) is 9.78 Å². The van der Waals surface area contributed by atoms with E-state index in [1.807, 2.05) is 43.5 Å². The van der Waals surface area contributed by atoms with Crippen LogP contribution >= 0.6 is 11.3 Å². The molecule has 2 N–H and O–H groups in total. The predicted molar refractivity (Wildman–Crippen MR) is 92.8 cm³/mol. The summed E-state index contributed by atoms with van der Waals surface area (Å²) in [7, 11) is 0. The monoisotopic (exact) mass is 331 g/mol. The van der Waals surface area contributed by atoms with Crippen molar-refractivity contribution in [1.82, 2.24) is 15.6 Å². The van der Waals surface area contributed by atoms with Gasteiger partial charge in [0.1, 0.15) is 17.4 Å². The molecular weight excluding hydrogens is 310 g/mol. The van der Waals surface area contributed by atoms with Crippen LogP contribution in [0.4, 0.5) is 4.79 Å². The number of urea groups is 1. The lowest BCUT2D eigenvalue weighted by molar-refractivity contribution is 0.237. The molecule has 0 saturated heterocycles. The molecule has 0 spiro atoms. The van der Waals surface area contributed by atoms with Gasteiger partial charge in [-0.3, -0.25) is 0 Å². The van der Waals surface area contributed by atoms with Crippen LogP contribution in [-0.2, 0) is 6.54 Å². The lowest BCUT2D eigenvalue weighted by Crippen LogP contribution is -2.36. The quantitative estimate of drug-likeness (QED) is 0.762. The molecule has 1 atom stereocenters. The van der Waals surface area contributed by atoms with Crippen LogP contribution in [-0.4, -0.2) is 17.6 Å². The Morgan fingerprint density at radius 2 is 2.26 bits per heavy atom. The molecule has 6 heteroatoms. The van der Waals surface area contributed by atoms with Gasteiger partial charge in [-0.1, -0.05) is 30.9 Å². The summed E-state index contributed by atoms with van der Waals surface area (Å²) < 4.78 is 5.57. The van der Waals surface area contributed by atoms with Crippen molar-refractivity contribution in [3.8, 4) is 5.75 Å². The number of amides is 2. The van der Waals surface area contributed by atoms with Crippen LogP contribution in [0.25, 0.3) is 0 Å². The van der Waals surface area contributed by atoms with E-state index in [0.717, 1.165) is 22.0 Å². The third-order valence-corrected chi connectivity index (χ3v) is 4.27. The van der Waals surface area contributed by atoms with Crippen molar-refractivity contribution >= 4 is 17.4 Å². The molecule has 0 fully saturated rings. The van der Waals surface area contributed by atoms with Gasteiger partial charge in [-0.15, -0.1) is 11.3 Å². The van der Waals surface area contributed by atoms with Gasteiger partial charge < -0.3 is 15.4 Å². The Labute approximate surface area is 140 Å². The number of para-hydroxylation sites is 1. The Balaban J connectivity index is 1.88. The number of nitrogens with one attached hydrogen (secondary N) is 2. The first-order valence-corrected chi connectivity index (χ1v) is 8.26. The van der Waals surface area contributed by atoms with Crippen LogP contribution in [0.5, 0.6) is 5.75 Å². The summed E-state index contributed by atoms with van der Waals surface area (Å²) in [6, 6.07) is 7.25. The van der Waals surface area contributed by atoms with Crippen LogP contribution in [0, 0.1) is 6.92 Å². The number of benzene rings is 1. The largest absolute Gasteiger partial charge is 0.489 e. The van der Waals surface area contributed by atoms with Gasteiger partial charge in [0.25, 0.3) is 0 Å². The summed E-state index contributed by atoms with van der Waals surface area (Å²) in [5.74, 6) is 0.747. The second kappa shape index (κ2) is 8.33. The maximum atomic E-state index is 12.0. The van der Waals surface area contributed by atoms with Gasteiger partial charge in [-0.05, 0) is 19.9 Å². The minimum Gasteiger partial charge on any atom is -0.489 e. The Morgan fingerprint density at radius 1 is 1.48 bits per heavy atom. The van der Waals surface area contributed by atoms with Gasteiger partial charge in [0, 0.05) is 23.2 Å². The highest BCUT2D eigenvalue weighted by Gasteiger charge is 2.12. The number of carbonyl (C=O) groups excluding carboxylic acids is 1. The Kier molecular flexibility index (Phi) is 6.17. The molecule has 0 aliphatic carbocycles. The first kappa shape index (κ1) is 17.0. The number of aryl methyl sites for hydroxylation is 1. The van der Waals surface area contributed by atoms with Crippen molar-refractivity contribution in [1.29, 1.82) is 0 Å². The van der Waals surface area contributed by atoms with Crippen LogP contribution in [0.15, 0.2) is 42.3 Å². The average molecular weight is 331 g/mol. The molecule has 122 valence electrons. The van der Waals surface area contributed by atoms with Crippen LogP contribution in [0.1, 0.15) is 29.2 Å². The molecule has 1 aromatic carbocycles. The first-order valence-electron chi connectivity index (χ1n) is 7.38. The maximum Gasteiger partial charge on any atom is 0.315 e. The molecule has 0 aliphatic rings. The van der Waals surface area contributed by atoms with E-state index in [0.29, 0.717) is 13.2 Å². The number of thiazole rings is 1. The molecule has 2 amide bonds. The number of aromatic nitrogens is 1. The number of ether oxygens (including phenoxy) is 1. The van der Waals surface area contributed by atoms with Crippen molar-refractivity contribution in [2.24, 2.45) is 0 Å². The third kappa shape index (κ3) is 5.10. The van der Waals surface area contributed by atoms with Crippen molar-refractivity contribution < 1.29 is 9.53 Å². The van der Waals surface area contributed by atoms with Gasteiger partial charge in [-0.2, -0.15) is 0 Å². The van der Waals surface area contributed by atoms with Crippen molar-refractivity contribution in [2.75, 3.05) is 6.61 Å². The highest BCUT2D eigenvalue weighted by atomic mass is 32.1. The van der Waals surface area contributed by atoms with Crippen LogP contribution in [0.2, 0.25) is 0 Å². The number of carbonyl (C=O) groups is 1. The van der Waals surface area contributed by atoms with E-state index >= 15 is 0 Å².